The van der Waals surface area contributed by atoms with Crippen molar-refractivity contribution in [3.8, 4) is 0 Å². The minimum Gasteiger partial charge on any atom is -0.338 e. The number of nitrogens with zero attached hydrogens (tertiary/aromatic N) is 1. The van der Waals surface area contributed by atoms with Crippen LogP contribution in [0.2, 0.25) is 0 Å². The van der Waals surface area contributed by atoms with E-state index in [4.69, 9.17) is 0 Å². The Balaban J connectivity index is 2.13. The molecular formula is C15H15NO. The molecule has 1 heterocycles. The van der Waals surface area contributed by atoms with Gasteiger partial charge in [-0.1, -0.05) is 24.3 Å². The van der Waals surface area contributed by atoms with Gasteiger partial charge in [0, 0.05) is 19.7 Å². The van der Waals surface area contributed by atoms with Crippen LogP contribution in [0.3, 0.4) is 0 Å². The lowest BCUT2D eigenvalue weighted by Gasteiger charge is -2.23. The Morgan fingerprint density at radius 1 is 1.12 bits per heavy atom. The molecule has 2 heteroatoms. The normalized spacial score (nSPS) is 18.9. The van der Waals surface area contributed by atoms with Gasteiger partial charge in [-0.3, -0.25) is 4.79 Å². The van der Waals surface area contributed by atoms with Gasteiger partial charge in [0.2, 0.25) is 5.91 Å². The lowest BCUT2D eigenvalue weighted by molar-refractivity contribution is -0.124. The van der Waals surface area contributed by atoms with E-state index in [9.17, 15) is 4.79 Å². The number of hydrogen-bond acceptors (Lipinski definition) is 1. The van der Waals surface area contributed by atoms with Crippen LogP contribution in [0.5, 0.6) is 0 Å². The topological polar surface area (TPSA) is 20.3 Å². The van der Waals surface area contributed by atoms with E-state index >= 15 is 0 Å². The van der Waals surface area contributed by atoms with Gasteiger partial charge in [0.1, 0.15) is 0 Å². The Morgan fingerprint density at radius 2 is 1.94 bits per heavy atom. The number of carbonyl (C=O) groups excluding carboxylic acids is 1. The van der Waals surface area contributed by atoms with Crippen molar-refractivity contribution in [3.63, 3.8) is 0 Å². The molecule has 0 N–H and O–H groups in total. The summed E-state index contributed by atoms with van der Waals surface area (Å²) in [4.78, 5) is 13.5. The zero-order valence-electron chi connectivity index (χ0n) is 9.94. The molecule has 0 fully saturated rings. The first-order chi connectivity index (χ1) is 8.25. The van der Waals surface area contributed by atoms with Crippen LogP contribution in [-0.4, -0.2) is 24.4 Å². The van der Waals surface area contributed by atoms with Crippen molar-refractivity contribution in [2.75, 3.05) is 13.6 Å². The highest BCUT2D eigenvalue weighted by Gasteiger charge is 2.21. The smallest absolute Gasteiger partial charge is 0.246 e. The van der Waals surface area contributed by atoms with Crippen molar-refractivity contribution in [2.45, 2.75) is 12.8 Å². The fourth-order valence-electron chi connectivity index (χ4n) is 2.63. The molecule has 0 unspecified atom stereocenters. The summed E-state index contributed by atoms with van der Waals surface area (Å²) in [5.74, 6) is 0.0943. The maximum Gasteiger partial charge on any atom is 0.246 e. The number of allylic oxidation sites excluding steroid dienone is 2. The number of amides is 1. The Labute approximate surface area is 101 Å². The van der Waals surface area contributed by atoms with E-state index < -0.39 is 0 Å². The lowest BCUT2D eigenvalue weighted by atomic mass is 9.85. The van der Waals surface area contributed by atoms with Gasteiger partial charge in [-0.05, 0) is 41.2 Å². The molecule has 1 aliphatic carbocycles. The van der Waals surface area contributed by atoms with Gasteiger partial charge in [-0.25, -0.2) is 0 Å². The molecular weight excluding hydrogens is 210 g/mol. The van der Waals surface area contributed by atoms with E-state index in [1.54, 1.807) is 11.0 Å². The summed E-state index contributed by atoms with van der Waals surface area (Å²) < 4.78 is 0. The highest BCUT2D eigenvalue weighted by molar-refractivity contribution is 5.94. The zero-order valence-corrected chi connectivity index (χ0v) is 9.94. The molecule has 0 bridgehead atoms. The van der Waals surface area contributed by atoms with Crippen molar-refractivity contribution in [1.82, 2.24) is 4.90 Å². The minimum atomic E-state index is 0.0943. The standard InChI is InChI=1S/C15H15NO/c1-16-10-12-7-6-11-4-2-3-5-13(11)14(12)8-9-15(16)17/h2-5,8-9H,6-7,10H2,1H3. The Hall–Kier alpha value is -1.83. The van der Waals surface area contributed by atoms with Gasteiger partial charge in [0.05, 0.1) is 0 Å². The molecule has 0 saturated heterocycles. The second-order valence-electron chi connectivity index (χ2n) is 4.70. The van der Waals surface area contributed by atoms with Crippen molar-refractivity contribution in [2.24, 2.45) is 0 Å². The Bertz CT molecular complexity index is 540. The number of fused-ring (bicyclic) bond motifs is 2. The summed E-state index contributed by atoms with van der Waals surface area (Å²) in [5, 5.41) is 0. The Kier molecular flexibility index (Phi) is 2.36. The molecule has 0 spiro atoms. The van der Waals surface area contributed by atoms with E-state index in [1.165, 1.54) is 22.3 Å². The van der Waals surface area contributed by atoms with E-state index in [0.717, 1.165) is 19.4 Å². The third-order valence-corrected chi connectivity index (χ3v) is 3.58. The zero-order chi connectivity index (χ0) is 11.8. The van der Waals surface area contributed by atoms with Gasteiger partial charge in [-0.15, -0.1) is 0 Å². The molecule has 2 nitrogen and oxygen atoms in total. The van der Waals surface area contributed by atoms with E-state index in [1.807, 2.05) is 13.1 Å². The molecule has 2 aliphatic rings. The summed E-state index contributed by atoms with van der Waals surface area (Å²) in [6, 6.07) is 8.49. The monoisotopic (exact) mass is 225 g/mol. The lowest BCUT2D eigenvalue weighted by Crippen LogP contribution is -2.26. The second-order valence-corrected chi connectivity index (χ2v) is 4.70. The highest BCUT2D eigenvalue weighted by atomic mass is 16.2. The third kappa shape index (κ3) is 1.70. The van der Waals surface area contributed by atoms with E-state index in [0.29, 0.717) is 0 Å². The average molecular weight is 225 g/mol. The predicted octanol–water partition coefficient (Wildman–Crippen LogP) is 2.41. The molecule has 1 aromatic rings. The summed E-state index contributed by atoms with van der Waals surface area (Å²) in [6.45, 7) is 0.759. The molecule has 0 radical (unpaired) electrons. The van der Waals surface area contributed by atoms with Crippen molar-refractivity contribution < 1.29 is 4.79 Å². The largest absolute Gasteiger partial charge is 0.338 e. The van der Waals surface area contributed by atoms with Gasteiger partial charge < -0.3 is 4.90 Å². The van der Waals surface area contributed by atoms with Crippen LogP contribution in [-0.2, 0) is 11.2 Å². The van der Waals surface area contributed by atoms with Gasteiger partial charge in [0.25, 0.3) is 0 Å². The number of hydrogen-bond donors (Lipinski definition) is 0. The van der Waals surface area contributed by atoms with Gasteiger partial charge in [-0.2, -0.15) is 0 Å². The summed E-state index contributed by atoms with van der Waals surface area (Å²) in [5.41, 5.74) is 5.33. The Morgan fingerprint density at radius 3 is 2.82 bits per heavy atom. The number of benzene rings is 1. The number of carbonyl (C=O) groups is 1. The predicted molar refractivity (Wildman–Crippen MR) is 68.5 cm³/mol. The summed E-state index contributed by atoms with van der Waals surface area (Å²) in [7, 11) is 1.86. The average Bonchev–Trinajstić information content (AvgIpc) is 2.50. The molecule has 0 aromatic heterocycles. The van der Waals surface area contributed by atoms with Crippen LogP contribution in [0.4, 0.5) is 0 Å². The van der Waals surface area contributed by atoms with Crippen LogP contribution in [0.15, 0.2) is 42.0 Å². The van der Waals surface area contributed by atoms with Crippen LogP contribution in [0, 0.1) is 0 Å². The molecule has 17 heavy (non-hydrogen) atoms. The molecule has 1 aromatic carbocycles. The SMILES string of the molecule is CN1CC2=C(C=CC1=O)c1ccccc1CC2. The second kappa shape index (κ2) is 3.88. The minimum absolute atomic E-state index is 0.0943. The van der Waals surface area contributed by atoms with Crippen LogP contribution in [0.1, 0.15) is 17.5 Å². The quantitative estimate of drug-likeness (QED) is 0.664. The first-order valence-corrected chi connectivity index (χ1v) is 5.99. The van der Waals surface area contributed by atoms with E-state index in [2.05, 4.69) is 24.3 Å². The maximum atomic E-state index is 11.7. The van der Waals surface area contributed by atoms with Crippen molar-refractivity contribution >= 4 is 11.5 Å². The number of rotatable bonds is 0. The molecule has 1 aliphatic heterocycles. The van der Waals surface area contributed by atoms with E-state index in [-0.39, 0.29) is 5.91 Å². The van der Waals surface area contributed by atoms with Crippen molar-refractivity contribution in [1.29, 1.82) is 0 Å². The fraction of sp³-hybridized carbons (Fsp3) is 0.267. The van der Waals surface area contributed by atoms with Crippen LogP contribution < -0.4 is 0 Å². The molecule has 86 valence electrons. The molecule has 0 atom stereocenters. The fourth-order valence-corrected chi connectivity index (χ4v) is 2.63. The first-order valence-electron chi connectivity index (χ1n) is 5.99. The third-order valence-electron chi connectivity index (χ3n) is 3.58. The first kappa shape index (κ1) is 10.3. The molecule has 1 amide bonds. The summed E-state index contributed by atoms with van der Waals surface area (Å²) in [6.07, 6.45) is 5.82. The van der Waals surface area contributed by atoms with Crippen LogP contribution in [0.25, 0.3) is 5.57 Å². The van der Waals surface area contributed by atoms with Crippen LogP contribution >= 0.6 is 0 Å². The van der Waals surface area contributed by atoms with Crippen molar-refractivity contribution in [3.05, 3.63) is 53.1 Å². The maximum absolute atomic E-state index is 11.7. The number of aryl methyl sites for hydroxylation is 1. The molecule has 0 saturated carbocycles. The van der Waals surface area contributed by atoms with Gasteiger partial charge >= 0.3 is 0 Å². The summed E-state index contributed by atoms with van der Waals surface area (Å²) >= 11 is 0. The highest BCUT2D eigenvalue weighted by Crippen LogP contribution is 2.33. The van der Waals surface area contributed by atoms with Gasteiger partial charge in [0.15, 0.2) is 0 Å². The molecule has 3 rings (SSSR count). The number of likely N-dealkylation sites (N-methyl/N-ethyl adjacent to an activating group) is 1.